The molecule has 2 aromatic rings. The summed E-state index contributed by atoms with van der Waals surface area (Å²) < 4.78 is 5.00. The molecule has 0 radical (unpaired) electrons. The van der Waals surface area contributed by atoms with Crippen LogP contribution in [0.5, 0.6) is 0 Å². The number of oxazole rings is 1. The minimum atomic E-state index is -0.426. The molecule has 1 heterocycles. The zero-order chi connectivity index (χ0) is 11.7. The fraction of sp³-hybridized carbons (Fsp3) is 0.417. The monoisotopic (exact) mass is 220 g/mol. The van der Waals surface area contributed by atoms with Crippen LogP contribution in [0.3, 0.4) is 0 Å². The van der Waals surface area contributed by atoms with Gasteiger partial charge in [0.2, 0.25) is 0 Å². The van der Waals surface area contributed by atoms with Crippen LogP contribution in [0.15, 0.2) is 27.4 Å². The summed E-state index contributed by atoms with van der Waals surface area (Å²) in [5, 5.41) is 0. The van der Waals surface area contributed by atoms with Gasteiger partial charge in [0, 0.05) is 6.04 Å². The van der Waals surface area contributed by atoms with Gasteiger partial charge in [-0.1, -0.05) is 19.9 Å². The minimum absolute atomic E-state index is 0.00963. The predicted octanol–water partition coefficient (Wildman–Crippen LogP) is 2.17. The molecule has 2 rings (SSSR count). The second-order valence-electron chi connectivity index (χ2n) is 4.51. The first kappa shape index (κ1) is 11.0. The summed E-state index contributed by atoms with van der Waals surface area (Å²) in [6.07, 6.45) is 0.917. The molecule has 4 heteroatoms. The number of hydrogen-bond acceptors (Lipinski definition) is 3. The van der Waals surface area contributed by atoms with Crippen molar-refractivity contribution in [2.24, 2.45) is 11.7 Å². The van der Waals surface area contributed by atoms with Crippen molar-refractivity contribution >= 4 is 11.1 Å². The molecule has 0 saturated carbocycles. The van der Waals surface area contributed by atoms with Crippen molar-refractivity contribution in [3.05, 3.63) is 34.3 Å². The minimum Gasteiger partial charge on any atom is -0.408 e. The van der Waals surface area contributed by atoms with E-state index < -0.39 is 5.76 Å². The van der Waals surface area contributed by atoms with E-state index in [0.29, 0.717) is 17.0 Å². The maximum Gasteiger partial charge on any atom is 0.417 e. The predicted molar refractivity (Wildman–Crippen MR) is 63.2 cm³/mol. The van der Waals surface area contributed by atoms with Crippen LogP contribution >= 0.6 is 0 Å². The number of fused-ring (bicyclic) bond motifs is 1. The van der Waals surface area contributed by atoms with Crippen molar-refractivity contribution in [3.8, 4) is 0 Å². The molecule has 1 atom stereocenters. The van der Waals surface area contributed by atoms with E-state index in [2.05, 4.69) is 18.8 Å². The van der Waals surface area contributed by atoms with Crippen LogP contribution in [0.25, 0.3) is 11.1 Å². The highest BCUT2D eigenvalue weighted by molar-refractivity contribution is 5.72. The van der Waals surface area contributed by atoms with Gasteiger partial charge in [-0.2, -0.15) is 0 Å². The van der Waals surface area contributed by atoms with E-state index in [-0.39, 0.29) is 6.04 Å². The molecule has 4 nitrogen and oxygen atoms in total. The maximum absolute atomic E-state index is 11.0. The summed E-state index contributed by atoms with van der Waals surface area (Å²) in [5.41, 5.74) is 8.35. The summed E-state index contributed by atoms with van der Waals surface area (Å²) >= 11 is 0. The van der Waals surface area contributed by atoms with Gasteiger partial charge in [0.25, 0.3) is 0 Å². The Balaban J connectivity index is 2.34. The Hall–Kier alpha value is -1.55. The van der Waals surface area contributed by atoms with Crippen molar-refractivity contribution in [3.63, 3.8) is 0 Å². The summed E-state index contributed by atoms with van der Waals surface area (Å²) in [5.74, 6) is 0.119. The van der Waals surface area contributed by atoms with Gasteiger partial charge in [-0.15, -0.1) is 0 Å². The molecule has 86 valence electrons. The number of benzene rings is 1. The third-order valence-electron chi connectivity index (χ3n) is 2.60. The molecule has 3 N–H and O–H groups in total. The number of aromatic amines is 1. The molecule has 0 aliphatic heterocycles. The van der Waals surface area contributed by atoms with Crippen LogP contribution in [-0.2, 0) is 0 Å². The van der Waals surface area contributed by atoms with E-state index in [1.165, 1.54) is 0 Å². The fourth-order valence-corrected chi connectivity index (χ4v) is 1.84. The zero-order valence-electron chi connectivity index (χ0n) is 9.49. The Kier molecular flexibility index (Phi) is 2.83. The van der Waals surface area contributed by atoms with Crippen molar-refractivity contribution < 1.29 is 4.42 Å². The van der Waals surface area contributed by atoms with Crippen molar-refractivity contribution in [1.29, 1.82) is 0 Å². The van der Waals surface area contributed by atoms with E-state index in [0.717, 1.165) is 12.0 Å². The lowest BCUT2D eigenvalue weighted by atomic mass is 9.98. The highest BCUT2D eigenvalue weighted by atomic mass is 16.4. The first-order chi connectivity index (χ1) is 7.56. The molecular weight excluding hydrogens is 204 g/mol. The molecule has 0 amide bonds. The second kappa shape index (κ2) is 4.14. The molecule has 0 saturated heterocycles. The summed E-state index contributed by atoms with van der Waals surface area (Å²) in [6.45, 7) is 4.27. The lowest BCUT2D eigenvalue weighted by Crippen LogP contribution is -2.12. The first-order valence-electron chi connectivity index (χ1n) is 5.44. The molecule has 1 unspecified atom stereocenters. The molecule has 0 bridgehead atoms. The van der Waals surface area contributed by atoms with Gasteiger partial charge in [0.15, 0.2) is 5.58 Å². The lowest BCUT2D eigenvalue weighted by molar-refractivity contribution is 0.508. The molecule has 1 aromatic heterocycles. The SMILES string of the molecule is CC(C)CC(N)c1ccc2[nH]c(=O)oc2c1. The van der Waals surface area contributed by atoms with E-state index >= 15 is 0 Å². The molecule has 1 aromatic carbocycles. The number of aromatic nitrogens is 1. The molecule has 0 aliphatic rings. The first-order valence-corrected chi connectivity index (χ1v) is 5.44. The topological polar surface area (TPSA) is 72.0 Å². The largest absolute Gasteiger partial charge is 0.417 e. The Labute approximate surface area is 93.5 Å². The van der Waals surface area contributed by atoms with Crippen molar-refractivity contribution in [1.82, 2.24) is 4.98 Å². The van der Waals surface area contributed by atoms with Gasteiger partial charge in [0.1, 0.15) is 0 Å². The number of nitrogens with two attached hydrogens (primary N) is 1. The van der Waals surface area contributed by atoms with Crippen LogP contribution < -0.4 is 11.5 Å². The van der Waals surface area contributed by atoms with Gasteiger partial charge in [-0.05, 0) is 30.0 Å². The second-order valence-corrected chi connectivity index (χ2v) is 4.51. The third-order valence-corrected chi connectivity index (χ3v) is 2.60. The van der Waals surface area contributed by atoms with Crippen LogP contribution in [-0.4, -0.2) is 4.98 Å². The number of hydrogen-bond donors (Lipinski definition) is 2. The van der Waals surface area contributed by atoms with E-state index in [1.54, 1.807) is 0 Å². The van der Waals surface area contributed by atoms with Crippen molar-refractivity contribution in [2.75, 3.05) is 0 Å². The number of nitrogens with one attached hydrogen (secondary N) is 1. The molecule has 16 heavy (non-hydrogen) atoms. The van der Waals surface area contributed by atoms with Gasteiger partial charge < -0.3 is 10.2 Å². The van der Waals surface area contributed by atoms with Crippen LogP contribution in [0.4, 0.5) is 0 Å². The smallest absolute Gasteiger partial charge is 0.408 e. The standard InChI is InChI=1S/C12H16N2O2/c1-7(2)5-9(13)8-3-4-10-11(6-8)16-12(15)14-10/h3-4,6-7,9H,5,13H2,1-2H3,(H,14,15). The average molecular weight is 220 g/mol. The molecule has 0 fully saturated rings. The van der Waals surface area contributed by atoms with E-state index in [4.69, 9.17) is 10.2 Å². The van der Waals surface area contributed by atoms with Gasteiger partial charge >= 0.3 is 5.76 Å². The zero-order valence-corrected chi connectivity index (χ0v) is 9.49. The average Bonchev–Trinajstić information content (AvgIpc) is 2.55. The van der Waals surface area contributed by atoms with Gasteiger partial charge in [-0.3, -0.25) is 4.98 Å². The quantitative estimate of drug-likeness (QED) is 0.832. The summed E-state index contributed by atoms with van der Waals surface area (Å²) in [4.78, 5) is 13.6. The number of rotatable bonds is 3. The Morgan fingerprint density at radius 3 is 2.88 bits per heavy atom. The molecule has 0 aliphatic carbocycles. The van der Waals surface area contributed by atoms with Gasteiger partial charge in [-0.25, -0.2) is 4.79 Å². The highest BCUT2D eigenvalue weighted by Crippen LogP contribution is 2.21. The normalized spacial score (nSPS) is 13.5. The van der Waals surface area contributed by atoms with Crippen LogP contribution in [0.1, 0.15) is 31.9 Å². The fourth-order valence-electron chi connectivity index (χ4n) is 1.84. The highest BCUT2D eigenvalue weighted by Gasteiger charge is 2.10. The molecule has 0 spiro atoms. The van der Waals surface area contributed by atoms with E-state index in [1.807, 2.05) is 18.2 Å². The Bertz CT molecular complexity index is 539. The van der Waals surface area contributed by atoms with Crippen LogP contribution in [0.2, 0.25) is 0 Å². The molecular formula is C12H16N2O2. The Morgan fingerprint density at radius 1 is 1.44 bits per heavy atom. The summed E-state index contributed by atoms with van der Waals surface area (Å²) in [6, 6.07) is 5.58. The third kappa shape index (κ3) is 2.17. The lowest BCUT2D eigenvalue weighted by Gasteiger charge is -2.13. The van der Waals surface area contributed by atoms with E-state index in [9.17, 15) is 4.79 Å². The maximum atomic E-state index is 11.0. The van der Waals surface area contributed by atoms with Gasteiger partial charge in [0.05, 0.1) is 5.52 Å². The van der Waals surface area contributed by atoms with Crippen molar-refractivity contribution in [2.45, 2.75) is 26.3 Å². The van der Waals surface area contributed by atoms with Crippen LogP contribution in [0, 0.1) is 5.92 Å². The Morgan fingerprint density at radius 2 is 2.19 bits per heavy atom. The summed E-state index contributed by atoms with van der Waals surface area (Å²) in [7, 11) is 0. The number of H-pyrrole nitrogens is 1.